The number of benzene rings is 1. The Labute approximate surface area is 96.9 Å². The van der Waals surface area contributed by atoms with Crippen LogP contribution in [-0.4, -0.2) is 9.97 Å². The average molecular weight is 240 g/mol. The third-order valence-electron chi connectivity index (χ3n) is 1.83. The van der Waals surface area contributed by atoms with Crippen LogP contribution < -0.4 is 5.73 Å². The summed E-state index contributed by atoms with van der Waals surface area (Å²) in [5, 5.41) is 0.642. The van der Waals surface area contributed by atoms with E-state index in [0.717, 1.165) is 5.56 Å². The summed E-state index contributed by atoms with van der Waals surface area (Å²) >= 11 is 11.5. The number of rotatable bonds is 1. The third kappa shape index (κ3) is 2.37. The first-order valence-electron chi connectivity index (χ1n) is 4.21. The maximum atomic E-state index is 5.77. The van der Waals surface area contributed by atoms with Crippen LogP contribution in [0.15, 0.2) is 30.3 Å². The van der Waals surface area contributed by atoms with E-state index in [-0.39, 0.29) is 0 Å². The summed E-state index contributed by atoms with van der Waals surface area (Å²) in [4.78, 5) is 8.13. The Balaban J connectivity index is 2.49. The second-order valence-corrected chi connectivity index (χ2v) is 3.73. The molecule has 0 amide bonds. The Morgan fingerprint density at radius 3 is 2.00 bits per heavy atom. The lowest BCUT2D eigenvalue weighted by Crippen LogP contribution is -1.90. The summed E-state index contributed by atoms with van der Waals surface area (Å²) in [6.45, 7) is 0. The minimum atomic E-state index is 0.321. The van der Waals surface area contributed by atoms with E-state index < -0.39 is 0 Å². The smallest absolute Gasteiger partial charge is 0.162 e. The van der Waals surface area contributed by atoms with Gasteiger partial charge in [-0.1, -0.05) is 23.2 Å². The molecule has 1 aromatic heterocycles. The summed E-state index contributed by atoms with van der Waals surface area (Å²) in [7, 11) is 0. The predicted molar refractivity (Wildman–Crippen MR) is 61.9 cm³/mol. The number of aromatic nitrogens is 2. The molecule has 0 unspecified atom stereocenters. The molecule has 1 aromatic carbocycles. The van der Waals surface area contributed by atoms with Crippen molar-refractivity contribution in [2.24, 2.45) is 0 Å². The quantitative estimate of drug-likeness (QED) is 0.615. The van der Waals surface area contributed by atoms with Crippen molar-refractivity contribution >= 4 is 28.9 Å². The predicted octanol–water partition coefficient (Wildman–Crippen LogP) is 3.03. The number of hydrogen-bond donors (Lipinski definition) is 1. The molecule has 0 bridgehead atoms. The van der Waals surface area contributed by atoms with Gasteiger partial charge in [-0.15, -0.1) is 0 Å². The molecule has 2 N–H and O–H groups in total. The van der Waals surface area contributed by atoms with E-state index in [0.29, 0.717) is 21.8 Å². The van der Waals surface area contributed by atoms with Gasteiger partial charge in [0.2, 0.25) is 0 Å². The average Bonchev–Trinajstić information content (AvgIpc) is 2.17. The van der Waals surface area contributed by atoms with Crippen LogP contribution in [0.2, 0.25) is 10.3 Å². The van der Waals surface area contributed by atoms with Gasteiger partial charge in [-0.25, -0.2) is 9.97 Å². The molecule has 0 radical (unpaired) electrons. The minimum absolute atomic E-state index is 0.321. The molecule has 3 nitrogen and oxygen atoms in total. The zero-order valence-corrected chi connectivity index (χ0v) is 9.13. The lowest BCUT2D eigenvalue weighted by molar-refractivity contribution is 1.18. The molecule has 0 saturated carbocycles. The van der Waals surface area contributed by atoms with E-state index in [1.54, 1.807) is 12.1 Å². The highest BCUT2D eigenvalue weighted by atomic mass is 35.5. The van der Waals surface area contributed by atoms with Crippen molar-refractivity contribution in [2.45, 2.75) is 0 Å². The monoisotopic (exact) mass is 239 g/mol. The van der Waals surface area contributed by atoms with E-state index >= 15 is 0 Å². The van der Waals surface area contributed by atoms with Crippen molar-refractivity contribution < 1.29 is 0 Å². The molecule has 5 heteroatoms. The molecule has 0 saturated heterocycles. The van der Waals surface area contributed by atoms with Crippen molar-refractivity contribution in [3.8, 4) is 11.4 Å². The first-order chi connectivity index (χ1) is 7.15. The van der Waals surface area contributed by atoms with Crippen molar-refractivity contribution in [2.75, 3.05) is 5.73 Å². The highest BCUT2D eigenvalue weighted by Crippen LogP contribution is 2.20. The normalized spacial score (nSPS) is 10.3. The Morgan fingerprint density at radius 1 is 0.933 bits per heavy atom. The third-order valence-corrected chi connectivity index (χ3v) is 2.22. The molecule has 0 aliphatic rings. The van der Waals surface area contributed by atoms with Gasteiger partial charge in [0.25, 0.3) is 0 Å². The number of nitrogens with two attached hydrogens (primary N) is 1. The summed E-state index contributed by atoms with van der Waals surface area (Å²) in [5.41, 5.74) is 7.09. The molecule has 0 fully saturated rings. The molecule has 0 atom stereocenters. The van der Waals surface area contributed by atoms with Gasteiger partial charge in [0.1, 0.15) is 10.3 Å². The molecule has 0 spiro atoms. The zero-order valence-electron chi connectivity index (χ0n) is 7.61. The van der Waals surface area contributed by atoms with E-state index in [4.69, 9.17) is 28.9 Å². The summed E-state index contributed by atoms with van der Waals surface area (Å²) in [6, 6.07) is 8.67. The van der Waals surface area contributed by atoms with E-state index in [1.165, 1.54) is 6.07 Å². The van der Waals surface area contributed by atoms with E-state index in [2.05, 4.69) is 9.97 Å². The van der Waals surface area contributed by atoms with Crippen LogP contribution in [0.25, 0.3) is 11.4 Å². The molecule has 76 valence electrons. The van der Waals surface area contributed by atoms with Crippen molar-refractivity contribution in [1.82, 2.24) is 9.97 Å². The fourth-order valence-electron chi connectivity index (χ4n) is 1.15. The van der Waals surface area contributed by atoms with Crippen LogP contribution in [0.4, 0.5) is 5.69 Å². The first kappa shape index (κ1) is 10.2. The minimum Gasteiger partial charge on any atom is -0.399 e. The summed E-state index contributed by atoms with van der Waals surface area (Å²) in [6.07, 6.45) is 0. The fraction of sp³-hybridized carbons (Fsp3) is 0. The van der Waals surface area contributed by atoms with Gasteiger partial charge in [0.15, 0.2) is 5.82 Å². The first-order valence-corrected chi connectivity index (χ1v) is 4.97. The second-order valence-electron chi connectivity index (χ2n) is 2.96. The van der Waals surface area contributed by atoms with Gasteiger partial charge in [0.05, 0.1) is 0 Å². The SMILES string of the molecule is Nc1ccc(-c2nc(Cl)cc(Cl)n2)cc1. The second kappa shape index (κ2) is 4.04. The Morgan fingerprint density at radius 2 is 1.47 bits per heavy atom. The standard InChI is InChI=1S/C10H7Cl2N3/c11-8-5-9(12)15-10(14-8)6-1-3-7(13)4-2-6/h1-5H,13H2. The van der Waals surface area contributed by atoms with Crippen LogP contribution in [0.1, 0.15) is 0 Å². The molecular weight excluding hydrogens is 233 g/mol. The lowest BCUT2D eigenvalue weighted by atomic mass is 10.2. The molecule has 0 aliphatic carbocycles. The van der Waals surface area contributed by atoms with Crippen molar-refractivity contribution in [3.63, 3.8) is 0 Å². The van der Waals surface area contributed by atoms with Gasteiger partial charge >= 0.3 is 0 Å². The lowest BCUT2D eigenvalue weighted by Gasteiger charge is -2.01. The van der Waals surface area contributed by atoms with E-state index in [9.17, 15) is 0 Å². The van der Waals surface area contributed by atoms with E-state index in [1.807, 2.05) is 12.1 Å². The Kier molecular flexibility index (Phi) is 2.75. The highest BCUT2D eigenvalue weighted by Gasteiger charge is 2.04. The van der Waals surface area contributed by atoms with Crippen molar-refractivity contribution in [3.05, 3.63) is 40.6 Å². The van der Waals surface area contributed by atoms with Gasteiger partial charge in [-0.05, 0) is 24.3 Å². The Hall–Kier alpha value is -1.32. The van der Waals surface area contributed by atoms with Crippen LogP contribution >= 0.6 is 23.2 Å². The van der Waals surface area contributed by atoms with Gasteiger partial charge in [-0.3, -0.25) is 0 Å². The van der Waals surface area contributed by atoms with Crippen LogP contribution in [-0.2, 0) is 0 Å². The van der Waals surface area contributed by atoms with Crippen LogP contribution in [0, 0.1) is 0 Å². The molecule has 1 heterocycles. The number of hydrogen-bond acceptors (Lipinski definition) is 3. The molecule has 0 aliphatic heterocycles. The molecule has 2 rings (SSSR count). The van der Waals surface area contributed by atoms with Gasteiger partial charge in [-0.2, -0.15) is 0 Å². The van der Waals surface area contributed by atoms with Crippen LogP contribution in [0.5, 0.6) is 0 Å². The van der Waals surface area contributed by atoms with Crippen LogP contribution in [0.3, 0.4) is 0 Å². The molecular formula is C10H7Cl2N3. The zero-order chi connectivity index (χ0) is 10.8. The molecule has 2 aromatic rings. The number of anilines is 1. The highest BCUT2D eigenvalue weighted by molar-refractivity contribution is 6.33. The van der Waals surface area contributed by atoms with Gasteiger partial charge in [0, 0.05) is 17.3 Å². The van der Waals surface area contributed by atoms with Gasteiger partial charge < -0.3 is 5.73 Å². The number of nitrogens with zero attached hydrogens (tertiary/aromatic N) is 2. The summed E-state index contributed by atoms with van der Waals surface area (Å²) in [5.74, 6) is 0.493. The van der Waals surface area contributed by atoms with Crippen molar-refractivity contribution in [1.29, 1.82) is 0 Å². The molecule has 15 heavy (non-hydrogen) atoms. The largest absolute Gasteiger partial charge is 0.399 e. The topological polar surface area (TPSA) is 51.8 Å². The Bertz CT molecular complexity index is 462. The summed E-state index contributed by atoms with van der Waals surface area (Å²) < 4.78 is 0. The number of halogens is 2. The maximum Gasteiger partial charge on any atom is 0.162 e. The maximum absolute atomic E-state index is 5.77. The fourth-order valence-corrected chi connectivity index (χ4v) is 1.57. The number of nitrogen functional groups attached to an aromatic ring is 1.